The summed E-state index contributed by atoms with van der Waals surface area (Å²) in [6.45, 7) is 9.57. The number of hydrogen-bond donors (Lipinski definition) is 1. The van der Waals surface area contributed by atoms with Gasteiger partial charge in [0, 0.05) is 18.0 Å². The van der Waals surface area contributed by atoms with Gasteiger partial charge in [-0.25, -0.2) is 4.98 Å². The van der Waals surface area contributed by atoms with Crippen molar-refractivity contribution < 1.29 is 4.79 Å². The molecule has 2 fully saturated rings. The zero-order valence-electron chi connectivity index (χ0n) is 15.0. The Morgan fingerprint density at radius 3 is 2.88 bits per heavy atom. The van der Waals surface area contributed by atoms with Crippen molar-refractivity contribution in [2.45, 2.75) is 58.5 Å². The van der Waals surface area contributed by atoms with Crippen LogP contribution in [0.3, 0.4) is 0 Å². The third-order valence-corrected chi connectivity index (χ3v) is 6.29. The maximum Gasteiger partial charge on any atom is 0.230 e. The molecule has 1 N–H and O–H groups in total. The molecule has 3 heterocycles. The topological polar surface area (TPSA) is 48.5 Å². The van der Waals surface area contributed by atoms with Gasteiger partial charge < -0.3 is 5.32 Å². The first-order valence-electron chi connectivity index (χ1n) is 9.43. The molecule has 1 amide bonds. The summed E-state index contributed by atoms with van der Waals surface area (Å²) in [7, 11) is 0. The van der Waals surface area contributed by atoms with Crippen molar-refractivity contribution >= 4 is 22.4 Å². The van der Waals surface area contributed by atoms with Crippen molar-refractivity contribution in [1.29, 1.82) is 0 Å². The van der Waals surface area contributed by atoms with Crippen molar-refractivity contribution in [2.75, 3.05) is 31.5 Å². The second-order valence-electron chi connectivity index (χ2n) is 6.94. The molecule has 2 atom stereocenters. The maximum absolute atomic E-state index is 12.8. The van der Waals surface area contributed by atoms with Crippen LogP contribution in [0.1, 0.15) is 51.6 Å². The number of anilines is 1. The van der Waals surface area contributed by atoms with Crippen LogP contribution in [-0.4, -0.2) is 52.9 Å². The Morgan fingerprint density at radius 2 is 2.08 bits per heavy atom. The Hall–Kier alpha value is -0.980. The van der Waals surface area contributed by atoms with Gasteiger partial charge in [-0.3, -0.25) is 14.6 Å². The molecule has 134 valence electrons. The molecule has 24 heavy (non-hydrogen) atoms. The minimum absolute atomic E-state index is 0.134. The number of carbonyl (C=O) groups is 1. The molecular formula is C18H30N4OS. The van der Waals surface area contributed by atoms with Gasteiger partial charge in [0.2, 0.25) is 5.91 Å². The van der Waals surface area contributed by atoms with Gasteiger partial charge in [0.25, 0.3) is 0 Å². The average Bonchev–Trinajstić information content (AvgIpc) is 3.06. The van der Waals surface area contributed by atoms with Gasteiger partial charge in [0.1, 0.15) is 0 Å². The minimum Gasteiger partial charge on any atom is -0.302 e. The molecule has 0 spiro atoms. The van der Waals surface area contributed by atoms with Crippen LogP contribution in [0.5, 0.6) is 0 Å². The van der Waals surface area contributed by atoms with Crippen LogP contribution in [0, 0.1) is 5.92 Å². The summed E-state index contributed by atoms with van der Waals surface area (Å²) in [5.41, 5.74) is 1.06. The molecule has 1 aromatic heterocycles. The lowest BCUT2D eigenvalue weighted by molar-refractivity contribution is -0.124. The van der Waals surface area contributed by atoms with Crippen molar-refractivity contribution in [3.63, 3.8) is 0 Å². The lowest BCUT2D eigenvalue weighted by atomic mass is 9.83. The monoisotopic (exact) mass is 350 g/mol. The van der Waals surface area contributed by atoms with Crippen LogP contribution < -0.4 is 5.32 Å². The zero-order valence-corrected chi connectivity index (χ0v) is 15.8. The molecule has 0 bridgehead atoms. The Labute approximate surface area is 149 Å². The number of hydrogen-bond acceptors (Lipinski definition) is 5. The van der Waals surface area contributed by atoms with Crippen LogP contribution >= 0.6 is 11.3 Å². The molecule has 2 aliphatic rings. The van der Waals surface area contributed by atoms with E-state index >= 15 is 0 Å². The van der Waals surface area contributed by atoms with Crippen LogP contribution in [0.15, 0.2) is 5.38 Å². The van der Waals surface area contributed by atoms with E-state index in [1.807, 2.05) is 0 Å². The molecule has 3 rings (SSSR count). The van der Waals surface area contributed by atoms with Crippen molar-refractivity contribution in [1.82, 2.24) is 14.8 Å². The fourth-order valence-electron chi connectivity index (χ4n) is 4.07. The van der Waals surface area contributed by atoms with Crippen LogP contribution in [0.2, 0.25) is 0 Å². The van der Waals surface area contributed by atoms with E-state index in [1.54, 1.807) is 11.3 Å². The molecule has 2 aliphatic heterocycles. The van der Waals surface area contributed by atoms with E-state index in [9.17, 15) is 4.79 Å². The molecule has 0 radical (unpaired) electrons. The number of amides is 1. The van der Waals surface area contributed by atoms with Gasteiger partial charge in [-0.15, -0.1) is 11.3 Å². The second-order valence-corrected chi connectivity index (χ2v) is 7.80. The minimum atomic E-state index is 0.134. The van der Waals surface area contributed by atoms with Crippen LogP contribution in [-0.2, 0) is 11.3 Å². The summed E-state index contributed by atoms with van der Waals surface area (Å²) in [4.78, 5) is 22.3. The maximum atomic E-state index is 12.8. The first kappa shape index (κ1) is 17.8. The molecular weight excluding hydrogens is 320 g/mol. The van der Waals surface area contributed by atoms with Crippen LogP contribution in [0.4, 0.5) is 5.13 Å². The molecule has 0 unspecified atom stereocenters. The number of carbonyl (C=O) groups excluding carboxylic acids is 1. The Balaban J connectivity index is 1.59. The van der Waals surface area contributed by atoms with Crippen molar-refractivity contribution in [3.8, 4) is 0 Å². The first-order chi connectivity index (χ1) is 11.7. The summed E-state index contributed by atoms with van der Waals surface area (Å²) >= 11 is 1.55. The average molecular weight is 351 g/mol. The van der Waals surface area contributed by atoms with E-state index in [0.29, 0.717) is 6.04 Å². The summed E-state index contributed by atoms with van der Waals surface area (Å²) in [5, 5.41) is 5.93. The van der Waals surface area contributed by atoms with Gasteiger partial charge in [-0.1, -0.05) is 20.3 Å². The molecule has 0 saturated carbocycles. The molecule has 0 aliphatic carbocycles. The number of nitrogens with one attached hydrogen (secondary N) is 1. The number of rotatable bonds is 6. The van der Waals surface area contributed by atoms with Crippen molar-refractivity contribution in [2.24, 2.45) is 5.92 Å². The second kappa shape index (κ2) is 8.41. The predicted octanol–water partition coefficient (Wildman–Crippen LogP) is 3.19. The number of thiazole rings is 1. The molecule has 6 heteroatoms. The number of nitrogens with zero attached hydrogens (tertiary/aromatic N) is 3. The highest BCUT2D eigenvalue weighted by atomic mass is 32.1. The quantitative estimate of drug-likeness (QED) is 0.856. The molecule has 2 saturated heterocycles. The van der Waals surface area contributed by atoms with Gasteiger partial charge in [0.15, 0.2) is 5.13 Å². The lowest BCUT2D eigenvalue weighted by Gasteiger charge is -2.43. The van der Waals surface area contributed by atoms with E-state index in [0.717, 1.165) is 43.3 Å². The normalized spacial score (nSPS) is 24.8. The summed E-state index contributed by atoms with van der Waals surface area (Å²) in [6.07, 6.45) is 5.87. The van der Waals surface area contributed by atoms with Gasteiger partial charge >= 0.3 is 0 Å². The Kier molecular flexibility index (Phi) is 6.25. The Morgan fingerprint density at radius 1 is 1.29 bits per heavy atom. The highest BCUT2D eigenvalue weighted by molar-refractivity contribution is 7.13. The lowest BCUT2D eigenvalue weighted by Crippen LogP contribution is -2.51. The fraction of sp³-hybridized carbons (Fsp3) is 0.778. The molecule has 1 aromatic rings. The summed E-state index contributed by atoms with van der Waals surface area (Å²) < 4.78 is 0. The van der Waals surface area contributed by atoms with E-state index in [1.165, 1.54) is 32.4 Å². The first-order valence-corrected chi connectivity index (χ1v) is 10.3. The standard InChI is InChI=1S/C18H30N4OS/c1-3-21(4-2)12-14-13-24-18(19-14)20-17(23)15-8-7-11-22-10-6-5-9-16(15)22/h13,15-16H,3-12H2,1-2H3,(H,19,20,23)/t15-,16-/m1/s1. The zero-order chi connectivity index (χ0) is 16.9. The van der Waals surface area contributed by atoms with E-state index in [4.69, 9.17) is 0 Å². The highest BCUT2D eigenvalue weighted by Crippen LogP contribution is 2.32. The highest BCUT2D eigenvalue weighted by Gasteiger charge is 2.37. The number of fused-ring (bicyclic) bond motifs is 1. The Bertz CT molecular complexity index is 541. The summed E-state index contributed by atoms with van der Waals surface area (Å²) in [6, 6.07) is 0.447. The smallest absolute Gasteiger partial charge is 0.230 e. The van der Waals surface area contributed by atoms with E-state index in [2.05, 4.69) is 39.3 Å². The van der Waals surface area contributed by atoms with Gasteiger partial charge in [-0.2, -0.15) is 0 Å². The van der Waals surface area contributed by atoms with Gasteiger partial charge in [-0.05, 0) is 51.9 Å². The summed E-state index contributed by atoms with van der Waals surface area (Å²) in [5.74, 6) is 0.310. The predicted molar refractivity (Wildman–Crippen MR) is 99.3 cm³/mol. The van der Waals surface area contributed by atoms with E-state index in [-0.39, 0.29) is 11.8 Å². The molecule has 5 nitrogen and oxygen atoms in total. The number of aromatic nitrogens is 1. The largest absolute Gasteiger partial charge is 0.302 e. The van der Waals surface area contributed by atoms with Crippen LogP contribution in [0.25, 0.3) is 0 Å². The fourth-order valence-corrected chi connectivity index (χ4v) is 4.78. The third kappa shape index (κ3) is 4.16. The third-order valence-electron chi connectivity index (χ3n) is 5.49. The van der Waals surface area contributed by atoms with Gasteiger partial charge in [0.05, 0.1) is 11.6 Å². The molecule has 0 aromatic carbocycles. The number of piperidine rings is 2. The SMILES string of the molecule is CCN(CC)Cc1csc(NC(=O)[C@@H]2CCCN3CCCC[C@H]23)n1. The van der Waals surface area contributed by atoms with Crippen molar-refractivity contribution in [3.05, 3.63) is 11.1 Å². The van der Waals surface area contributed by atoms with E-state index < -0.39 is 0 Å².